The second kappa shape index (κ2) is 7.56. The first-order valence-corrected chi connectivity index (χ1v) is 9.20. The van der Waals surface area contributed by atoms with E-state index in [2.05, 4.69) is 19.2 Å². The number of morpholine rings is 1. The van der Waals surface area contributed by atoms with E-state index in [4.69, 9.17) is 20.9 Å². The molecule has 0 amide bonds. The van der Waals surface area contributed by atoms with E-state index in [0.717, 1.165) is 35.2 Å². The van der Waals surface area contributed by atoms with Crippen LogP contribution in [0.25, 0.3) is 0 Å². The molecule has 3 rings (SSSR count). The summed E-state index contributed by atoms with van der Waals surface area (Å²) in [6.07, 6.45) is 0.0352. The number of nitrogens with two attached hydrogens (primary N) is 2. The molecule has 1 fully saturated rings. The third-order valence-corrected chi connectivity index (χ3v) is 5.20. The van der Waals surface area contributed by atoms with Gasteiger partial charge in [-0.05, 0) is 56.3 Å². The van der Waals surface area contributed by atoms with E-state index >= 15 is 0 Å². The molecular formula is C19H25N3O2S. The van der Waals surface area contributed by atoms with Crippen molar-refractivity contribution in [2.45, 2.75) is 35.3 Å². The molecule has 0 radical (unpaired) electrons. The van der Waals surface area contributed by atoms with Gasteiger partial charge < -0.3 is 26.3 Å². The molecule has 5 N–H and O–H groups in total. The average molecular weight is 359 g/mol. The highest BCUT2D eigenvalue weighted by molar-refractivity contribution is 7.99. The Balaban J connectivity index is 1.64. The standard InChI is InChI=1S/C19H25N3O2S/c1-19(2,18-12-22-9-10-23-18)24-13-3-5-14(6-4-13)25-15-7-8-16(20)17(21)11-15/h3-8,11,18,22H,9-10,12,20-21H2,1-2H3. The predicted octanol–water partition coefficient (Wildman–Crippen LogP) is 3.15. The summed E-state index contributed by atoms with van der Waals surface area (Å²) in [6.45, 7) is 6.54. The topological polar surface area (TPSA) is 82.5 Å². The van der Waals surface area contributed by atoms with Crippen molar-refractivity contribution in [2.24, 2.45) is 0 Å². The van der Waals surface area contributed by atoms with E-state index in [1.54, 1.807) is 11.8 Å². The van der Waals surface area contributed by atoms with Crippen LogP contribution >= 0.6 is 11.8 Å². The summed E-state index contributed by atoms with van der Waals surface area (Å²) >= 11 is 1.64. The molecule has 1 saturated heterocycles. The molecule has 1 aliphatic rings. The number of rotatable bonds is 5. The van der Waals surface area contributed by atoms with Gasteiger partial charge in [-0.1, -0.05) is 11.8 Å². The Hall–Kier alpha value is -1.89. The molecule has 2 aromatic carbocycles. The van der Waals surface area contributed by atoms with Crippen molar-refractivity contribution in [3.05, 3.63) is 42.5 Å². The molecule has 1 heterocycles. The van der Waals surface area contributed by atoms with Gasteiger partial charge in [0, 0.05) is 22.9 Å². The van der Waals surface area contributed by atoms with Crippen LogP contribution < -0.4 is 21.5 Å². The number of nitrogens with one attached hydrogen (secondary N) is 1. The summed E-state index contributed by atoms with van der Waals surface area (Å²) in [4.78, 5) is 2.17. The van der Waals surface area contributed by atoms with Gasteiger partial charge in [-0.15, -0.1) is 0 Å². The Morgan fingerprint density at radius 1 is 1.08 bits per heavy atom. The van der Waals surface area contributed by atoms with Crippen molar-refractivity contribution in [1.29, 1.82) is 0 Å². The Morgan fingerprint density at radius 2 is 1.80 bits per heavy atom. The molecule has 1 aliphatic heterocycles. The molecule has 5 nitrogen and oxygen atoms in total. The van der Waals surface area contributed by atoms with Crippen LogP contribution in [-0.2, 0) is 4.74 Å². The third kappa shape index (κ3) is 4.60. The van der Waals surface area contributed by atoms with Crippen molar-refractivity contribution in [1.82, 2.24) is 5.32 Å². The van der Waals surface area contributed by atoms with Crippen LogP contribution in [0.4, 0.5) is 11.4 Å². The van der Waals surface area contributed by atoms with Gasteiger partial charge in [0.25, 0.3) is 0 Å². The zero-order chi connectivity index (χ0) is 17.9. The van der Waals surface area contributed by atoms with Gasteiger partial charge in [-0.3, -0.25) is 0 Å². The lowest BCUT2D eigenvalue weighted by atomic mass is 10.0. The Labute approximate surface area is 153 Å². The minimum atomic E-state index is -0.395. The van der Waals surface area contributed by atoms with Gasteiger partial charge in [0.15, 0.2) is 0 Å². The third-order valence-electron chi connectivity index (χ3n) is 4.20. The van der Waals surface area contributed by atoms with E-state index in [-0.39, 0.29) is 6.10 Å². The fourth-order valence-electron chi connectivity index (χ4n) is 2.71. The number of ether oxygens (including phenoxy) is 2. The molecule has 1 atom stereocenters. The zero-order valence-electron chi connectivity index (χ0n) is 14.6. The first-order valence-electron chi connectivity index (χ1n) is 8.38. The van der Waals surface area contributed by atoms with E-state index in [0.29, 0.717) is 11.4 Å². The minimum Gasteiger partial charge on any atom is -0.485 e. The average Bonchev–Trinajstić information content (AvgIpc) is 2.60. The SMILES string of the molecule is CC(C)(Oc1ccc(Sc2ccc(N)c(N)c2)cc1)C1CNCCO1. The lowest BCUT2D eigenvalue weighted by Gasteiger charge is -2.37. The van der Waals surface area contributed by atoms with Crippen molar-refractivity contribution < 1.29 is 9.47 Å². The van der Waals surface area contributed by atoms with Crippen LogP contribution in [0.5, 0.6) is 5.75 Å². The van der Waals surface area contributed by atoms with Crippen molar-refractivity contribution >= 4 is 23.1 Å². The molecule has 25 heavy (non-hydrogen) atoms. The van der Waals surface area contributed by atoms with Gasteiger partial charge in [0.1, 0.15) is 17.5 Å². The van der Waals surface area contributed by atoms with E-state index in [1.807, 2.05) is 42.5 Å². The van der Waals surface area contributed by atoms with E-state index in [1.165, 1.54) is 0 Å². The number of anilines is 2. The number of hydrogen-bond donors (Lipinski definition) is 3. The molecule has 6 heteroatoms. The maximum absolute atomic E-state index is 6.17. The van der Waals surface area contributed by atoms with Crippen LogP contribution in [0.1, 0.15) is 13.8 Å². The molecule has 0 bridgehead atoms. The Bertz CT molecular complexity index is 713. The summed E-state index contributed by atoms with van der Waals surface area (Å²) < 4.78 is 12.0. The van der Waals surface area contributed by atoms with Crippen LogP contribution in [0.15, 0.2) is 52.3 Å². The largest absolute Gasteiger partial charge is 0.485 e. The molecule has 0 spiro atoms. The van der Waals surface area contributed by atoms with E-state index in [9.17, 15) is 0 Å². The summed E-state index contributed by atoms with van der Waals surface area (Å²) in [5.74, 6) is 0.834. The molecule has 0 aliphatic carbocycles. The highest BCUT2D eigenvalue weighted by Crippen LogP contribution is 2.32. The van der Waals surface area contributed by atoms with Gasteiger partial charge in [-0.2, -0.15) is 0 Å². The summed E-state index contributed by atoms with van der Waals surface area (Å²) in [7, 11) is 0. The fourth-order valence-corrected chi connectivity index (χ4v) is 3.58. The number of hydrogen-bond acceptors (Lipinski definition) is 6. The molecule has 1 unspecified atom stereocenters. The number of benzene rings is 2. The lowest BCUT2D eigenvalue weighted by Crippen LogP contribution is -2.53. The van der Waals surface area contributed by atoms with Crippen molar-refractivity contribution in [2.75, 3.05) is 31.2 Å². The number of nitrogen functional groups attached to an aromatic ring is 2. The monoisotopic (exact) mass is 359 g/mol. The smallest absolute Gasteiger partial charge is 0.131 e. The highest BCUT2D eigenvalue weighted by Gasteiger charge is 2.33. The lowest BCUT2D eigenvalue weighted by molar-refractivity contribution is -0.0854. The van der Waals surface area contributed by atoms with Gasteiger partial charge >= 0.3 is 0 Å². The fraction of sp³-hybridized carbons (Fsp3) is 0.368. The Kier molecular flexibility index (Phi) is 5.42. The summed E-state index contributed by atoms with van der Waals surface area (Å²) in [5.41, 5.74) is 12.4. The first-order chi connectivity index (χ1) is 11.9. The molecule has 0 saturated carbocycles. The molecule has 134 valence electrons. The van der Waals surface area contributed by atoms with Crippen LogP contribution in [0.3, 0.4) is 0 Å². The van der Waals surface area contributed by atoms with Crippen LogP contribution in [-0.4, -0.2) is 31.4 Å². The molecular weight excluding hydrogens is 334 g/mol. The second-order valence-corrected chi connectivity index (χ2v) is 7.78. The van der Waals surface area contributed by atoms with Gasteiger partial charge in [-0.25, -0.2) is 0 Å². The van der Waals surface area contributed by atoms with Crippen molar-refractivity contribution in [3.63, 3.8) is 0 Å². The molecule has 0 aromatic heterocycles. The van der Waals surface area contributed by atoms with Gasteiger partial charge in [0.2, 0.25) is 0 Å². The maximum atomic E-state index is 6.17. The maximum Gasteiger partial charge on any atom is 0.131 e. The highest BCUT2D eigenvalue weighted by atomic mass is 32.2. The Morgan fingerprint density at radius 3 is 2.44 bits per heavy atom. The summed E-state index contributed by atoms with van der Waals surface area (Å²) in [5, 5.41) is 3.34. The first kappa shape index (κ1) is 17.9. The minimum absolute atomic E-state index is 0.0352. The van der Waals surface area contributed by atoms with Gasteiger partial charge in [0.05, 0.1) is 18.0 Å². The second-order valence-electron chi connectivity index (χ2n) is 6.63. The van der Waals surface area contributed by atoms with E-state index < -0.39 is 5.60 Å². The molecule has 2 aromatic rings. The summed E-state index contributed by atoms with van der Waals surface area (Å²) in [6, 6.07) is 13.8. The zero-order valence-corrected chi connectivity index (χ0v) is 15.4. The van der Waals surface area contributed by atoms with Crippen LogP contribution in [0.2, 0.25) is 0 Å². The predicted molar refractivity (Wildman–Crippen MR) is 103 cm³/mol. The van der Waals surface area contributed by atoms with Crippen LogP contribution in [0, 0.1) is 0 Å². The van der Waals surface area contributed by atoms with Crippen molar-refractivity contribution in [3.8, 4) is 5.75 Å². The quantitative estimate of drug-likeness (QED) is 0.712. The normalized spacial score (nSPS) is 18.1.